The Hall–Kier alpha value is -3.13. The Morgan fingerprint density at radius 2 is 1.62 bits per heavy atom. The van der Waals surface area contributed by atoms with Crippen molar-refractivity contribution in [1.82, 2.24) is 4.90 Å². The Morgan fingerprint density at radius 3 is 2.19 bits per heavy atom. The van der Waals surface area contributed by atoms with Crippen LogP contribution >= 0.6 is 0 Å². The molecular weight excluding hydrogens is 490 g/mol. The van der Waals surface area contributed by atoms with Gasteiger partial charge in [0, 0.05) is 6.54 Å². The number of carbonyl (C=O) groups is 2. The third-order valence-corrected chi connectivity index (χ3v) is 6.93. The van der Waals surface area contributed by atoms with E-state index in [4.69, 9.17) is 9.47 Å². The van der Waals surface area contributed by atoms with E-state index in [2.05, 4.69) is 13.8 Å². The number of ether oxygens (including phenoxy) is 2. The smallest absolute Gasteiger partial charge is 0.411 e. The van der Waals surface area contributed by atoms with Crippen LogP contribution in [0.25, 0.3) is 0 Å². The molecule has 2 aromatic rings. The molecule has 0 saturated heterocycles. The molecule has 0 aliphatic heterocycles. The Labute approximate surface area is 221 Å². The van der Waals surface area contributed by atoms with Crippen molar-refractivity contribution < 1.29 is 27.5 Å². The number of aryl methyl sites for hydroxylation is 1. The van der Waals surface area contributed by atoms with E-state index in [1.54, 1.807) is 23.1 Å². The average Bonchev–Trinajstić information content (AvgIpc) is 2.79. The number of nitrogens with zero attached hydrogens (tertiary/aromatic N) is 1. The molecule has 0 saturated carbocycles. The Bertz CT molecular complexity index is 1150. The van der Waals surface area contributed by atoms with Crippen LogP contribution in [-0.4, -0.2) is 49.4 Å². The predicted octanol–water partition coefficient (Wildman–Crippen LogP) is 5.72. The van der Waals surface area contributed by atoms with E-state index in [0.717, 1.165) is 11.1 Å². The van der Waals surface area contributed by atoms with Gasteiger partial charge >= 0.3 is 12.1 Å². The zero-order valence-corrected chi connectivity index (χ0v) is 23.5. The van der Waals surface area contributed by atoms with E-state index < -0.39 is 33.3 Å². The molecule has 0 radical (unpaired) electrons. The van der Waals surface area contributed by atoms with E-state index in [-0.39, 0.29) is 23.5 Å². The van der Waals surface area contributed by atoms with Gasteiger partial charge in [-0.3, -0.25) is 9.69 Å². The minimum Gasteiger partial charge on any atom is -0.461 e. The lowest BCUT2D eigenvalue weighted by molar-refractivity contribution is -0.139. The molecule has 0 bridgehead atoms. The zero-order valence-electron chi connectivity index (χ0n) is 22.6. The molecule has 2 aromatic carbocycles. The lowest BCUT2D eigenvalue weighted by atomic mass is 10.0. The number of hydrogen-bond donors (Lipinski definition) is 0. The van der Waals surface area contributed by atoms with Gasteiger partial charge < -0.3 is 9.47 Å². The van der Waals surface area contributed by atoms with Gasteiger partial charge in [0.1, 0.15) is 12.2 Å². The maximum atomic E-state index is 13.2. The molecule has 1 amide bonds. The summed E-state index contributed by atoms with van der Waals surface area (Å²) in [5.41, 5.74) is 1.23. The van der Waals surface area contributed by atoms with E-state index in [9.17, 15) is 18.0 Å². The standard InChI is InChI=1S/C29H39NO6S/c1-22(2)19-25(30(28(32)36-29(4,5)6)20-24-11-8-7-9-12-24)13-10-18-35-27(31)21-37(33,34)26-16-14-23(3)15-17-26/h7-17,22,25H,18-21H2,1-6H3/b13-10+/t25-/m1/s1. The Balaban J connectivity index is 2.11. The summed E-state index contributed by atoms with van der Waals surface area (Å²) in [6.07, 6.45) is 3.69. The van der Waals surface area contributed by atoms with E-state index in [0.29, 0.717) is 13.0 Å². The molecule has 37 heavy (non-hydrogen) atoms. The zero-order chi connectivity index (χ0) is 27.6. The first kappa shape index (κ1) is 30.1. The summed E-state index contributed by atoms with van der Waals surface area (Å²) < 4.78 is 35.8. The Kier molecular flexibility index (Phi) is 10.9. The normalized spacial score (nSPS) is 12.9. The van der Waals surface area contributed by atoms with Crippen molar-refractivity contribution in [3.63, 3.8) is 0 Å². The highest BCUT2D eigenvalue weighted by molar-refractivity contribution is 7.92. The van der Waals surface area contributed by atoms with Crippen LogP contribution in [-0.2, 0) is 30.7 Å². The van der Waals surface area contributed by atoms with E-state index in [1.807, 2.05) is 64.1 Å². The largest absolute Gasteiger partial charge is 0.461 e. The molecule has 0 aromatic heterocycles. The van der Waals surface area contributed by atoms with Crippen LogP contribution in [0.15, 0.2) is 71.6 Å². The second-order valence-corrected chi connectivity index (χ2v) is 12.5. The van der Waals surface area contributed by atoms with Crippen molar-refractivity contribution in [3.05, 3.63) is 77.9 Å². The highest BCUT2D eigenvalue weighted by atomic mass is 32.2. The van der Waals surface area contributed by atoms with Crippen molar-refractivity contribution >= 4 is 21.9 Å². The fourth-order valence-corrected chi connectivity index (χ4v) is 4.70. The van der Waals surface area contributed by atoms with Crippen LogP contribution in [0.2, 0.25) is 0 Å². The van der Waals surface area contributed by atoms with Crippen molar-refractivity contribution in [2.75, 3.05) is 12.4 Å². The third kappa shape index (κ3) is 10.8. The molecule has 0 N–H and O–H groups in total. The van der Waals surface area contributed by atoms with Crippen LogP contribution in [0.1, 0.15) is 52.2 Å². The van der Waals surface area contributed by atoms with Crippen LogP contribution < -0.4 is 0 Å². The molecule has 7 nitrogen and oxygen atoms in total. The third-order valence-electron chi connectivity index (χ3n) is 5.32. The summed E-state index contributed by atoms with van der Waals surface area (Å²) in [4.78, 5) is 27.1. The first-order chi connectivity index (χ1) is 17.3. The summed E-state index contributed by atoms with van der Waals surface area (Å²) >= 11 is 0. The maximum Gasteiger partial charge on any atom is 0.411 e. The first-order valence-corrected chi connectivity index (χ1v) is 14.1. The molecule has 0 aliphatic carbocycles. The molecule has 0 aliphatic rings. The summed E-state index contributed by atoms with van der Waals surface area (Å²) in [6, 6.07) is 15.7. The quantitative estimate of drug-likeness (QED) is 0.273. The number of carbonyl (C=O) groups excluding carboxylic acids is 2. The molecule has 1 atom stereocenters. The van der Waals surface area contributed by atoms with Gasteiger partial charge in [0.15, 0.2) is 15.6 Å². The number of hydrogen-bond acceptors (Lipinski definition) is 6. The van der Waals surface area contributed by atoms with Gasteiger partial charge in [0.25, 0.3) is 0 Å². The number of rotatable bonds is 11. The minimum absolute atomic E-state index is 0.0801. The van der Waals surface area contributed by atoms with Crippen molar-refractivity contribution in [2.24, 2.45) is 5.92 Å². The molecule has 8 heteroatoms. The Morgan fingerprint density at radius 1 is 1.00 bits per heavy atom. The molecule has 0 fully saturated rings. The molecule has 0 spiro atoms. The number of sulfone groups is 1. The molecule has 0 heterocycles. The van der Waals surface area contributed by atoms with Gasteiger partial charge in [-0.1, -0.05) is 68.0 Å². The highest BCUT2D eigenvalue weighted by Gasteiger charge is 2.28. The molecular formula is C29H39NO6S. The highest BCUT2D eigenvalue weighted by Crippen LogP contribution is 2.20. The van der Waals surface area contributed by atoms with Gasteiger partial charge in [-0.25, -0.2) is 13.2 Å². The second-order valence-electron chi connectivity index (χ2n) is 10.5. The number of esters is 1. The van der Waals surface area contributed by atoms with Crippen LogP contribution in [0.3, 0.4) is 0 Å². The van der Waals surface area contributed by atoms with Crippen LogP contribution in [0.4, 0.5) is 4.79 Å². The van der Waals surface area contributed by atoms with Gasteiger partial charge in [0.2, 0.25) is 0 Å². The van der Waals surface area contributed by atoms with Gasteiger partial charge in [0.05, 0.1) is 10.9 Å². The lowest BCUT2D eigenvalue weighted by Crippen LogP contribution is -2.42. The predicted molar refractivity (Wildman–Crippen MR) is 145 cm³/mol. The maximum absolute atomic E-state index is 13.2. The molecule has 0 unspecified atom stereocenters. The van der Waals surface area contributed by atoms with Crippen LogP contribution in [0.5, 0.6) is 0 Å². The minimum atomic E-state index is -3.79. The summed E-state index contributed by atoms with van der Waals surface area (Å²) in [6.45, 7) is 11.7. The van der Waals surface area contributed by atoms with E-state index in [1.165, 1.54) is 12.1 Å². The van der Waals surface area contributed by atoms with Crippen molar-refractivity contribution in [2.45, 2.75) is 71.0 Å². The summed E-state index contributed by atoms with van der Waals surface area (Å²) in [7, 11) is -3.79. The summed E-state index contributed by atoms with van der Waals surface area (Å²) in [5, 5.41) is 0. The lowest BCUT2D eigenvalue weighted by Gasteiger charge is -2.33. The average molecular weight is 530 g/mol. The second kappa shape index (κ2) is 13.4. The van der Waals surface area contributed by atoms with Crippen molar-refractivity contribution in [1.29, 1.82) is 0 Å². The SMILES string of the molecule is Cc1ccc(S(=O)(=O)CC(=O)OC/C=C/[C@H](CC(C)C)N(Cc2ccccc2)C(=O)OC(C)(C)C)cc1. The fourth-order valence-electron chi connectivity index (χ4n) is 3.59. The fraction of sp³-hybridized carbons (Fsp3) is 0.448. The monoisotopic (exact) mass is 529 g/mol. The van der Waals surface area contributed by atoms with E-state index >= 15 is 0 Å². The number of amides is 1. The van der Waals surface area contributed by atoms with Gasteiger partial charge in [-0.05, 0) is 63.8 Å². The summed E-state index contributed by atoms with van der Waals surface area (Å²) in [5.74, 6) is -1.30. The van der Waals surface area contributed by atoms with Crippen molar-refractivity contribution in [3.8, 4) is 0 Å². The topological polar surface area (TPSA) is 90.0 Å². The van der Waals surface area contributed by atoms with Gasteiger partial charge in [-0.15, -0.1) is 0 Å². The first-order valence-electron chi connectivity index (χ1n) is 12.4. The van der Waals surface area contributed by atoms with Crippen LogP contribution in [0, 0.1) is 12.8 Å². The molecule has 202 valence electrons. The molecule has 2 rings (SSSR count). The number of benzene rings is 2. The van der Waals surface area contributed by atoms with Gasteiger partial charge in [-0.2, -0.15) is 0 Å².